The van der Waals surface area contributed by atoms with E-state index in [0.717, 1.165) is 38.5 Å². The van der Waals surface area contributed by atoms with Crippen molar-refractivity contribution in [3.05, 3.63) is 0 Å². The van der Waals surface area contributed by atoms with Crippen LogP contribution in [0.4, 0.5) is 0 Å². The summed E-state index contributed by atoms with van der Waals surface area (Å²) in [6.45, 7) is 7.87. The highest BCUT2D eigenvalue weighted by molar-refractivity contribution is 5.84. The number of carbonyl (C=O) groups excluding carboxylic acids is 3. The first-order valence-electron chi connectivity index (χ1n) is 12.2. The molecule has 1 aliphatic heterocycles. The summed E-state index contributed by atoms with van der Waals surface area (Å²) in [7, 11) is 0. The fourth-order valence-corrected chi connectivity index (χ4v) is 9.00. The summed E-state index contributed by atoms with van der Waals surface area (Å²) < 4.78 is 17.7. The average molecular weight is 433 g/mol. The lowest BCUT2D eigenvalue weighted by Gasteiger charge is -2.60. The monoisotopic (exact) mass is 432 g/mol. The molecule has 5 rings (SSSR count). The van der Waals surface area contributed by atoms with Gasteiger partial charge in [-0.05, 0) is 67.6 Å². The van der Waals surface area contributed by atoms with Crippen LogP contribution < -0.4 is 0 Å². The molecule has 0 aromatic carbocycles. The van der Waals surface area contributed by atoms with Gasteiger partial charge in [-0.3, -0.25) is 14.4 Å². The van der Waals surface area contributed by atoms with E-state index in [4.69, 9.17) is 14.2 Å². The molecule has 5 fully saturated rings. The maximum atomic E-state index is 12.9. The number of hydrogen-bond acceptors (Lipinski definition) is 6. The number of hydrogen-bond donors (Lipinski definition) is 0. The average Bonchev–Trinajstić information content (AvgIpc) is 3.14. The van der Waals surface area contributed by atoms with Crippen LogP contribution in [-0.2, 0) is 28.6 Å². The fraction of sp³-hybridized carbons (Fsp3) is 0.880. The van der Waals surface area contributed by atoms with Crippen LogP contribution in [-0.4, -0.2) is 36.2 Å². The van der Waals surface area contributed by atoms with Gasteiger partial charge in [0.2, 0.25) is 0 Å². The Morgan fingerprint density at radius 1 is 1.13 bits per heavy atom. The molecule has 0 N–H and O–H groups in total. The third kappa shape index (κ3) is 2.89. The molecule has 6 nitrogen and oxygen atoms in total. The summed E-state index contributed by atoms with van der Waals surface area (Å²) in [5.41, 5.74) is 0.0710. The van der Waals surface area contributed by atoms with E-state index in [1.807, 2.05) is 0 Å². The molecule has 0 amide bonds. The Bertz CT molecular complexity index is 808. The van der Waals surface area contributed by atoms with Gasteiger partial charge in [-0.2, -0.15) is 0 Å². The maximum absolute atomic E-state index is 12.9. The summed E-state index contributed by atoms with van der Waals surface area (Å²) >= 11 is 0. The van der Waals surface area contributed by atoms with Crippen LogP contribution in [0.3, 0.4) is 0 Å². The molecule has 6 heteroatoms. The number of esters is 2. The third-order valence-corrected chi connectivity index (χ3v) is 10.1. The van der Waals surface area contributed by atoms with Gasteiger partial charge in [-0.1, -0.05) is 13.8 Å². The van der Waals surface area contributed by atoms with Crippen LogP contribution >= 0.6 is 0 Å². The number of carbonyl (C=O) groups is 3. The Morgan fingerprint density at radius 3 is 2.58 bits per heavy atom. The van der Waals surface area contributed by atoms with E-state index in [1.54, 1.807) is 0 Å². The summed E-state index contributed by atoms with van der Waals surface area (Å²) in [6.07, 6.45) is 6.82. The van der Waals surface area contributed by atoms with Crippen molar-refractivity contribution in [3.63, 3.8) is 0 Å². The summed E-state index contributed by atoms with van der Waals surface area (Å²) in [6, 6.07) is 0. The van der Waals surface area contributed by atoms with E-state index in [0.29, 0.717) is 48.9 Å². The molecular formula is C25H36O6. The summed E-state index contributed by atoms with van der Waals surface area (Å²) in [4.78, 5) is 36.7. The van der Waals surface area contributed by atoms with Gasteiger partial charge >= 0.3 is 11.9 Å². The van der Waals surface area contributed by atoms with E-state index in [1.165, 1.54) is 13.8 Å². The van der Waals surface area contributed by atoms with Crippen molar-refractivity contribution in [2.75, 3.05) is 6.61 Å². The topological polar surface area (TPSA) is 78.9 Å². The molecule has 172 valence electrons. The van der Waals surface area contributed by atoms with E-state index in [9.17, 15) is 14.4 Å². The van der Waals surface area contributed by atoms with E-state index < -0.39 is 17.9 Å². The lowest BCUT2D eigenvalue weighted by Crippen LogP contribution is -2.59. The Hall–Kier alpha value is -1.43. The zero-order valence-electron chi connectivity index (χ0n) is 19.3. The number of rotatable bonds is 3. The second-order valence-corrected chi connectivity index (χ2v) is 11.3. The fourth-order valence-electron chi connectivity index (χ4n) is 9.00. The molecule has 4 saturated carbocycles. The van der Waals surface area contributed by atoms with Gasteiger partial charge < -0.3 is 14.2 Å². The smallest absolute Gasteiger partial charge is 0.305 e. The van der Waals surface area contributed by atoms with Crippen molar-refractivity contribution in [3.8, 4) is 0 Å². The first kappa shape index (κ1) is 21.4. The molecule has 1 saturated heterocycles. The SMILES string of the molecule is CC[C@H]1C(=O)C[C@H]2[C@@H]3CC[C@H]4C[C@@H](OC(C)=O)[C@]5(OC(C)=O)C[C@]4(CO5)[C@H]3CC[C@]12C. The van der Waals surface area contributed by atoms with Crippen LogP contribution in [0, 0.1) is 40.4 Å². The molecule has 1 heterocycles. The first-order valence-corrected chi connectivity index (χ1v) is 12.2. The van der Waals surface area contributed by atoms with Crippen molar-refractivity contribution in [1.82, 2.24) is 0 Å². The molecule has 1 spiro atoms. The molecule has 9 atom stereocenters. The van der Waals surface area contributed by atoms with Gasteiger partial charge in [-0.25, -0.2) is 0 Å². The van der Waals surface area contributed by atoms with E-state index >= 15 is 0 Å². The first-order chi connectivity index (χ1) is 14.6. The predicted molar refractivity (Wildman–Crippen MR) is 112 cm³/mol. The summed E-state index contributed by atoms with van der Waals surface area (Å²) in [5, 5.41) is 0. The number of Topliss-reactive ketones (excluding diaryl/α,β-unsaturated/α-hetero) is 1. The van der Waals surface area contributed by atoms with Crippen molar-refractivity contribution < 1.29 is 28.6 Å². The zero-order valence-corrected chi connectivity index (χ0v) is 19.3. The lowest BCUT2D eigenvalue weighted by atomic mass is 9.44. The molecule has 0 aromatic heterocycles. The van der Waals surface area contributed by atoms with Crippen LogP contribution in [0.2, 0.25) is 0 Å². The maximum Gasteiger partial charge on any atom is 0.305 e. The van der Waals surface area contributed by atoms with Crippen LogP contribution in [0.1, 0.15) is 79.1 Å². The van der Waals surface area contributed by atoms with Crippen LogP contribution in [0.5, 0.6) is 0 Å². The van der Waals surface area contributed by atoms with Crippen molar-refractivity contribution in [2.24, 2.45) is 40.4 Å². The molecule has 31 heavy (non-hydrogen) atoms. The zero-order chi connectivity index (χ0) is 22.2. The number of fused-ring (bicyclic) bond motifs is 4. The Morgan fingerprint density at radius 2 is 1.90 bits per heavy atom. The van der Waals surface area contributed by atoms with Gasteiger partial charge in [0.15, 0.2) is 6.10 Å². The van der Waals surface area contributed by atoms with Crippen LogP contribution in [0.25, 0.3) is 0 Å². The number of ether oxygens (including phenoxy) is 3. The number of ketones is 1. The van der Waals surface area contributed by atoms with Gasteiger partial charge in [0.25, 0.3) is 5.79 Å². The quantitative estimate of drug-likeness (QED) is 0.626. The van der Waals surface area contributed by atoms with Crippen molar-refractivity contribution in [1.29, 1.82) is 0 Å². The Balaban J connectivity index is 1.48. The highest BCUT2D eigenvalue weighted by atomic mass is 16.7. The predicted octanol–water partition coefficient (Wildman–Crippen LogP) is 4.05. The third-order valence-electron chi connectivity index (χ3n) is 10.1. The van der Waals surface area contributed by atoms with Crippen molar-refractivity contribution >= 4 is 17.7 Å². The summed E-state index contributed by atoms with van der Waals surface area (Å²) in [5.74, 6) is 0.593. The molecular weight excluding hydrogens is 396 g/mol. The van der Waals surface area contributed by atoms with E-state index in [2.05, 4.69) is 13.8 Å². The van der Waals surface area contributed by atoms with Gasteiger partial charge in [0.05, 0.1) is 6.61 Å². The molecule has 0 unspecified atom stereocenters. The minimum atomic E-state index is -1.16. The molecule has 2 bridgehead atoms. The Kier molecular flexibility index (Phi) is 4.86. The molecule has 0 aromatic rings. The Labute approximate surface area is 184 Å². The minimum Gasteiger partial charge on any atom is -0.456 e. The highest BCUT2D eigenvalue weighted by Crippen LogP contribution is 2.70. The minimum absolute atomic E-state index is 0.0519. The van der Waals surface area contributed by atoms with Crippen LogP contribution in [0.15, 0.2) is 0 Å². The molecule has 5 aliphatic rings. The molecule has 0 radical (unpaired) electrons. The normalized spacial score (nSPS) is 50.3. The van der Waals surface area contributed by atoms with Gasteiger partial charge in [0, 0.05) is 38.0 Å². The lowest BCUT2D eigenvalue weighted by molar-refractivity contribution is -0.264. The van der Waals surface area contributed by atoms with Gasteiger partial charge in [0.1, 0.15) is 5.78 Å². The second-order valence-electron chi connectivity index (χ2n) is 11.3. The van der Waals surface area contributed by atoms with Gasteiger partial charge in [-0.15, -0.1) is 0 Å². The second kappa shape index (κ2) is 7.03. The standard InChI is InChI=1S/C25H36O6/c1-5-18-21(28)11-20-17-7-6-16-10-22(30-14(2)26)25(31-15(3)27)12-24(16,13-29-25)19(17)8-9-23(18,20)4/h16-20,22H,5-13H2,1-4H3/t16-,17+,18-,19-,20-,22+,23+,24+,25+/m0/s1. The largest absolute Gasteiger partial charge is 0.456 e. The highest BCUT2D eigenvalue weighted by Gasteiger charge is 2.71. The van der Waals surface area contributed by atoms with E-state index in [-0.39, 0.29) is 22.7 Å². The molecule has 4 aliphatic carbocycles. The van der Waals surface area contributed by atoms with Crippen molar-refractivity contribution in [2.45, 2.75) is 91.0 Å².